The number of nitrogens with two attached hydrogens (primary N) is 1. The number of phosphoric ester groups is 2. The van der Waals surface area contributed by atoms with Gasteiger partial charge in [0.1, 0.15) is 30.7 Å². The number of hydrogen-bond donors (Lipinski definition) is 7. The van der Waals surface area contributed by atoms with Crippen molar-refractivity contribution in [2.45, 2.75) is 172 Å². The van der Waals surface area contributed by atoms with Crippen molar-refractivity contribution < 1.29 is 76.5 Å². The Bertz CT molecular complexity index is 2160. The minimum Gasteiger partial charge on any atom is -0.462 e. The summed E-state index contributed by atoms with van der Waals surface area (Å²) in [6, 6.07) is 1.23. The molecule has 1 fully saturated rings. The summed E-state index contributed by atoms with van der Waals surface area (Å²) >= 11 is 0. The number of unbranched alkanes of at least 4 members (excludes halogenated alkanes) is 8. The number of anilines is 1. The maximum Gasteiger partial charge on any atom is 0.481 e. The molecule has 0 amide bonds. The summed E-state index contributed by atoms with van der Waals surface area (Å²) in [5.41, 5.74) is 4.56. The van der Waals surface area contributed by atoms with Crippen LogP contribution in [0.15, 0.2) is 114 Å². The summed E-state index contributed by atoms with van der Waals surface area (Å²) in [5.74, 6) is -1.50. The minimum atomic E-state index is -5.48. The zero-order valence-corrected chi connectivity index (χ0v) is 44.6. The topological polar surface area (TPSA) is 306 Å². The smallest absolute Gasteiger partial charge is 0.462 e. The van der Waals surface area contributed by atoms with Gasteiger partial charge in [0.15, 0.2) is 12.3 Å². The summed E-state index contributed by atoms with van der Waals surface area (Å²) in [6.07, 6.45) is 35.6. The third kappa shape index (κ3) is 31.5. The van der Waals surface area contributed by atoms with Crippen molar-refractivity contribution in [1.29, 1.82) is 0 Å². The normalized spacial score (nSPS) is 20.5. The maximum atomic E-state index is 12.9. The lowest BCUT2D eigenvalue weighted by Crippen LogP contribution is -2.36. The molecule has 0 aliphatic carbocycles. The van der Waals surface area contributed by atoms with E-state index in [1.165, 1.54) is 25.3 Å². The fourth-order valence-corrected chi connectivity index (χ4v) is 8.95. The molecule has 0 radical (unpaired) electrons. The highest BCUT2D eigenvalue weighted by Crippen LogP contribution is 2.60. The Morgan fingerprint density at radius 1 is 0.730 bits per heavy atom. The molecule has 20 nitrogen and oxygen atoms in total. The van der Waals surface area contributed by atoms with Gasteiger partial charge in [-0.15, -0.1) is 0 Å². The second kappa shape index (κ2) is 39.0. The van der Waals surface area contributed by atoms with Crippen molar-refractivity contribution in [3.8, 4) is 0 Å². The summed E-state index contributed by atoms with van der Waals surface area (Å²) in [4.78, 5) is 61.9. The molecule has 1 aromatic rings. The summed E-state index contributed by atoms with van der Waals surface area (Å²) in [7, 11) is -10.9. The number of carbonyl (C=O) groups excluding carboxylic acids is 2. The number of aliphatic hydroxyl groups excluding tert-OH is 4. The largest absolute Gasteiger partial charge is 0.481 e. The number of esters is 2. The molecule has 1 saturated heterocycles. The molecule has 1 aliphatic heterocycles. The average Bonchev–Trinajstić information content (AvgIpc) is 3.63. The second-order valence-corrected chi connectivity index (χ2v) is 20.4. The van der Waals surface area contributed by atoms with E-state index >= 15 is 0 Å². The zero-order valence-electron chi connectivity index (χ0n) is 42.8. The first-order chi connectivity index (χ1) is 35.5. The number of hydrogen-bond acceptors (Lipinski definition) is 17. The third-order valence-electron chi connectivity index (χ3n) is 10.8. The van der Waals surface area contributed by atoms with E-state index in [1.54, 1.807) is 48.6 Å². The summed E-state index contributed by atoms with van der Waals surface area (Å²) in [6.45, 7) is 1.74. The Balaban J connectivity index is 1.88. The van der Waals surface area contributed by atoms with Gasteiger partial charge in [-0.1, -0.05) is 143 Å². The fraction of sp³-hybridized carbons (Fsp3) is 0.577. The number of nitrogen functional groups attached to an aromatic ring is 1. The quantitative estimate of drug-likeness (QED) is 0.0107. The molecule has 416 valence electrons. The van der Waals surface area contributed by atoms with Gasteiger partial charge in [-0.3, -0.25) is 23.2 Å². The Kier molecular flexibility index (Phi) is 34.7. The number of rotatable bonds is 40. The van der Waals surface area contributed by atoms with E-state index in [1.807, 2.05) is 31.2 Å². The van der Waals surface area contributed by atoms with Gasteiger partial charge in [0.25, 0.3) is 0 Å². The van der Waals surface area contributed by atoms with E-state index < -0.39 is 95.9 Å². The van der Waals surface area contributed by atoms with Crippen LogP contribution in [0.25, 0.3) is 0 Å². The Labute approximate surface area is 435 Å². The van der Waals surface area contributed by atoms with E-state index in [2.05, 4.69) is 40.5 Å². The summed E-state index contributed by atoms with van der Waals surface area (Å²) < 4.78 is 56.6. The maximum absolute atomic E-state index is 12.9. The van der Waals surface area contributed by atoms with Crippen molar-refractivity contribution in [1.82, 2.24) is 9.55 Å². The van der Waals surface area contributed by atoms with Gasteiger partial charge in [-0.05, 0) is 76.7 Å². The van der Waals surface area contributed by atoms with Crippen LogP contribution in [0.5, 0.6) is 0 Å². The fourth-order valence-electron chi connectivity index (χ4n) is 6.84. The van der Waals surface area contributed by atoms with Crippen molar-refractivity contribution in [2.24, 2.45) is 0 Å². The van der Waals surface area contributed by atoms with Gasteiger partial charge in [0, 0.05) is 19.0 Å². The first kappa shape index (κ1) is 65.7. The van der Waals surface area contributed by atoms with Gasteiger partial charge >= 0.3 is 33.3 Å². The van der Waals surface area contributed by atoms with Crippen molar-refractivity contribution >= 4 is 33.4 Å². The standard InChI is InChI=1S/C52H81N3O17P2/c1-3-5-7-8-9-10-11-12-13-14-15-16-17-21-29-35-47(58)67-39-44(70-48(59)36-30-22-19-18-20-26-32-43(57)34-28-24-23-27-33-42(56)31-25-6-4-2)40-68-73(63,64)72-74(65,66)69-41-45-49(60)50(61)51(71-45)55-38-37-46(53)54-52(55)62/h6,9-10,12-13,19-20,22-28,33-34,37-38,42-45,49-51,56-57,60-61H,3-5,7-8,11,14-18,21,29-32,35-36,39-41H2,1-2H3,(H,63,64)(H,65,66)(H2,53,54,62)/b10-9-,13-12-,22-19-,24-23-,25-6-,26-20-,33-27+,34-28+/t42-,43+,44+,45+,49+,50+,51+/m0/s1. The third-order valence-corrected chi connectivity index (χ3v) is 13.4. The molecule has 22 heteroatoms. The first-order valence-electron chi connectivity index (χ1n) is 25.5. The lowest BCUT2D eigenvalue weighted by Gasteiger charge is -2.21. The van der Waals surface area contributed by atoms with Crippen LogP contribution in [-0.2, 0) is 46.3 Å². The molecule has 2 unspecified atom stereocenters. The van der Waals surface area contributed by atoms with E-state index in [0.29, 0.717) is 25.7 Å². The number of ether oxygens (including phenoxy) is 3. The SMILES string of the molecule is CC/C=C\C[C@H](O)/C=C/C=C\C=C\[C@H](O)C/C=C\C/C=C\CCC(=O)O[C@H](COC(=O)CCCCCCC/C=C\C/C=C\CCCCC)COP(=O)(O)OP(=O)(O)OC[C@H]1O[C@@H](n2ccc(N)nc2=O)[C@H](O)[C@@H]1O. The Morgan fingerprint density at radius 3 is 1.95 bits per heavy atom. The lowest BCUT2D eigenvalue weighted by atomic mass is 10.1. The monoisotopic (exact) mass is 1080 g/mol. The van der Waals surface area contributed by atoms with Gasteiger partial charge in [-0.2, -0.15) is 9.29 Å². The number of allylic oxidation sites excluding steroid dienone is 12. The number of aliphatic hydroxyl groups is 4. The van der Waals surface area contributed by atoms with Gasteiger partial charge in [0.05, 0.1) is 25.4 Å². The first-order valence-corrected chi connectivity index (χ1v) is 28.5. The average molecular weight is 1080 g/mol. The molecule has 0 bridgehead atoms. The molecular formula is C52H81N3O17P2. The number of phosphoric acid groups is 2. The van der Waals surface area contributed by atoms with Crippen LogP contribution in [-0.4, -0.2) is 108 Å². The highest BCUT2D eigenvalue weighted by molar-refractivity contribution is 7.61. The highest BCUT2D eigenvalue weighted by Gasteiger charge is 2.46. The molecule has 1 aromatic heterocycles. The van der Waals surface area contributed by atoms with E-state index in [-0.39, 0.29) is 25.1 Å². The van der Waals surface area contributed by atoms with Crippen LogP contribution in [0, 0.1) is 0 Å². The number of carbonyl (C=O) groups is 2. The van der Waals surface area contributed by atoms with Gasteiger partial charge in [-0.25, -0.2) is 13.9 Å². The predicted octanol–water partition coefficient (Wildman–Crippen LogP) is 8.38. The Hall–Kier alpha value is -4.40. The van der Waals surface area contributed by atoms with E-state index in [0.717, 1.165) is 62.1 Å². The zero-order chi connectivity index (χ0) is 54.5. The van der Waals surface area contributed by atoms with Crippen molar-refractivity contribution in [3.63, 3.8) is 0 Å². The van der Waals surface area contributed by atoms with E-state index in [9.17, 15) is 53.7 Å². The van der Waals surface area contributed by atoms with Crippen LogP contribution < -0.4 is 11.4 Å². The number of aromatic nitrogens is 2. The van der Waals surface area contributed by atoms with E-state index in [4.69, 9.17) is 29.0 Å². The molecule has 9 atom stereocenters. The molecule has 0 aromatic carbocycles. The number of nitrogens with zero attached hydrogens (tertiary/aromatic N) is 2. The highest BCUT2D eigenvalue weighted by atomic mass is 31.3. The van der Waals surface area contributed by atoms with Crippen molar-refractivity contribution in [2.75, 3.05) is 25.6 Å². The van der Waals surface area contributed by atoms with Crippen LogP contribution in [0.3, 0.4) is 0 Å². The molecule has 1 aliphatic rings. The predicted molar refractivity (Wildman–Crippen MR) is 282 cm³/mol. The van der Waals surface area contributed by atoms with Crippen molar-refractivity contribution in [3.05, 3.63) is 120 Å². The molecule has 0 spiro atoms. The molecular weight excluding hydrogens is 1000 g/mol. The van der Waals surface area contributed by atoms with Gasteiger partial charge < -0.3 is 50.2 Å². The van der Waals surface area contributed by atoms with Crippen LogP contribution >= 0.6 is 15.6 Å². The minimum absolute atomic E-state index is 0.0672. The molecule has 8 N–H and O–H groups in total. The van der Waals surface area contributed by atoms with Crippen LogP contribution in [0.2, 0.25) is 0 Å². The lowest BCUT2D eigenvalue weighted by molar-refractivity contribution is -0.161. The van der Waals surface area contributed by atoms with Crippen LogP contribution in [0.1, 0.15) is 136 Å². The molecule has 0 saturated carbocycles. The second-order valence-electron chi connectivity index (χ2n) is 17.3. The Morgan fingerprint density at radius 2 is 1.31 bits per heavy atom. The van der Waals surface area contributed by atoms with Gasteiger partial charge in [0.2, 0.25) is 0 Å². The molecule has 2 rings (SSSR count). The summed E-state index contributed by atoms with van der Waals surface area (Å²) in [5, 5.41) is 41.0. The van der Waals surface area contributed by atoms with Crippen LogP contribution in [0.4, 0.5) is 5.82 Å². The molecule has 74 heavy (non-hydrogen) atoms. The molecule has 2 heterocycles.